The molecule has 0 aliphatic heterocycles. The predicted octanol–water partition coefficient (Wildman–Crippen LogP) is 2.00. The van der Waals surface area contributed by atoms with Crippen LogP contribution in [0.4, 0.5) is 0 Å². The minimum atomic E-state index is 0. The maximum Gasteiger partial charge on any atom is 1.00 e. The molecule has 0 atom stereocenters. The molecule has 0 aromatic carbocycles. The zero-order valence-corrected chi connectivity index (χ0v) is 9.98. The fourth-order valence-electron chi connectivity index (χ4n) is 1.25. The normalized spacial score (nSPS) is 9.58. The molecule has 1 aromatic rings. The van der Waals surface area contributed by atoms with Crippen LogP contribution in [0, 0.1) is 13.8 Å². The first kappa shape index (κ1) is 12.0. The zero-order chi connectivity index (χ0) is 8.27. The Kier molecular flexibility index (Phi) is 5.55. The van der Waals surface area contributed by atoms with Crippen molar-refractivity contribution in [2.24, 2.45) is 0 Å². The van der Waals surface area contributed by atoms with E-state index in [-0.39, 0.29) is 22.4 Å². The Morgan fingerprint density at radius 2 is 2.00 bits per heavy atom. The molecule has 72 valence electrons. The van der Waals surface area contributed by atoms with E-state index in [1.165, 1.54) is 18.4 Å². The van der Waals surface area contributed by atoms with Crippen LogP contribution in [-0.2, 0) is 28.8 Å². The Bertz CT molecular complexity index is 211. The van der Waals surface area contributed by atoms with E-state index in [9.17, 15) is 0 Å². The molecule has 0 fully saturated rings. The summed E-state index contributed by atoms with van der Waals surface area (Å²) in [6.45, 7) is 6.27. The van der Waals surface area contributed by atoms with Gasteiger partial charge >= 0.3 is 22.4 Å². The van der Waals surface area contributed by atoms with Crippen molar-refractivity contribution in [3.63, 3.8) is 0 Å². The molecular formula is C9H15AuN2. The Hall–Kier alpha value is -0.0497. The molecular weight excluding hydrogens is 333 g/mol. The first-order valence-electron chi connectivity index (χ1n) is 4.21. The van der Waals surface area contributed by atoms with Crippen molar-refractivity contribution in [1.82, 2.24) is 10.2 Å². The molecule has 12 heavy (non-hydrogen) atoms. The van der Waals surface area contributed by atoms with Crippen LogP contribution < -0.4 is 5.10 Å². The summed E-state index contributed by atoms with van der Waals surface area (Å²) in [5.74, 6) is 0. The molecule has 0 aliphatic carbocycles. The van der Waals surface area contributed by atoms with Crippen LogP contribution in [0.3, 0.4) is 0 Å². The van der Waals surface area contributed by atoms with E-state index in [4.69, 9.17) is 0 Å². The Morgan fingerprint density at radius 3 is 2.42 bits per heavy atom. The third-order valence-electron chi connectivity index (χ3n) is 2.00. The van der Waals surface area contributed by atoms with E-state index >= 15 is 0 Å². The van der Waals surface area contributed by atoms with Gasteiger partial charge in [-0.15, -0.1) is 5.69 Å². The van der Waals surface area contributed by atoms with Crippen molar-refractivity contribution in [1.29, 1.82) is 0 Å². The second-order valence-electron chi connectivity index (χ2n) is 2.95. The van der Waals surface area contributed by atoms with E-state index in [0.717, 1.165) is 17.8 Å². The van der Waals surface area contributed by atoms with Gasteiger partial charge in [0.2, 0.25) is 0 Å². The van der Waals surface area contributed by atoms with Crippen LogP contribution in [0.2, 0.25) is 0 Å². The van der Waals surface area contributed by atoms with Crippen molar-refractivity contribution in [3.8, 4) is 0 Å². The van der Waals surface area contributed by atoms with Crippen LogP contribution >= 0.6 is 0 Å². The van der Waals surface area contributed by atoms with Crippen molar-refractivity contribution in [2.75, 3.05) is 0 Å². The third-order valence-corrected chi connectivity index (χ3v) is 2.00. The fourth-order valence-corrected chi connectivity index (χ4v) is 1.25. The smallest absolute Gasteiger partial charge is 0.579 e. The summed E-state index contributed by atoms with van der Waals surface area (Å²) in [5.41, 5.74) is 3.57. The van der Waals surface area contributed by atoms with Gasteiger partial charge < -0.3 is 10.2 Å². The molecule has 0 saturated heterocycles. The molecule has 0 amide bonds. The number of aromatic nitrogens is 2. The number of hydrogen-bond acceptors (Lipinski definition) is 1. The topological polar surface area (TPSA) is 27.0 Å². The molecule has 0 N–H and O–H groups in total. The Balaban J connectivity index is 0.00000121. The van der Waals surface area contributed by atoms with Crippen LogP contribution in [0.25, 0.3) is 0 Å². The monoisotopic (exact) mass is 348 g/mol. The van der Waals surface area contributed by atoms with Gasteiger partial charge in [-0.25, -0.2) is 0 Å². The number of hydrogen-bond donors (Lipinski definition) is 0. The Morgan fingerprint density at radius 1 is 1.33 bits per heavy atom. The van der Waals surface area contributed by atoms with E-state index in [0.29, 0.717) is 0 Å². The standard InChI is InChI=1S/C9H15N2.Au/c1-4-5-6-9-7(2)10-11-8(9)3;/h4-6H2,1-3H3;/q-1;+1. The van der Waals surface area contributed by atoms with E-state index in [1.54, 1.807) is 0 Å². The van der Waals surface area contributed by atoms with Crippen molar-refractivity contribution in [3.05, 3.63) is 17.0 Å². The Labute approximate surface area is 89.7 Å². The molecule has 0 radical (unpaired) electrons. The minimum absolute atomic E-state index is 0. The average Bonchev–Trinajstić information content (AvgIpc) is 2.29. The summed E-state index contributed by atoms with van der Waals surface area (Å²) in [6, 6.07) is 0. The van der Waals surface area contributed by atoms with Crippen molar-refractivity contribution in [2.45, 2.75) is 40.0 Å². The van der Waals surface area contributed by atoms with Crippen LogP contribution in [0.5, 0.6) is 0 Å². The second-order valence-corrected chi connectivity index (χ2v) is 2.95. The molecule has 1 rings (SSSR count). The van der Waals surface area contributed by atoms with Crippen LogP contribution in [-0.4, -0.2) is 5.10 Å². The average molecular weight is 348 g/mol. The summed E-state index contributed by atoms with van der Waals surface area (Å²) in [4.78, 5) is 0. The largest absolute Gasteiger partial charge is 1.00 e. The first-order chi connectivity index (χ1) is 5.25. The molecule has 0 aliphatic rings. The van der Waals surface area contributed by atoms with Gasteiger partial charge in [0.1, 0.15) is 0 Å². The molecule has 2 nitrogen and oxygen atoms in total. The summed E-state index contributed by atoms with van der Waals surface area (Å²) >= 11 is 0. The van der Waals surface area contributed by atoms with Gasteiger partial charge in [0.15, 0.2) is 0 Å². The molecule has 3 heteroatoms. The van der Waals surface area contributed by atoms with E-state index in [1.807, 2.05) is 13.8 Å². The third kappa shape index (κ3) is 2.77. The van der Waals surface area contributed by atoms with Gasteiger partial charge in [0.25, 0.3) is 0 Å². The van der Waals surface area contributed by atoms with Gasteiger partial charge in [-0.05, 0) is 25.3 Å². The summed E-state index contributed by atoms with van der Waals surface area (Å²) in [6.07, 6.45) is 3.63. The van der Waals surface area contributed by atoms with Gasteiger partial charge in [0, 0.05) is 5.69 Å². The number of unbranched alkanes of at least 4 members (excludes halogenated alkanes) is 1. The molecule has 0 unspecified atom stereocenters. The summed E-state index contributed by atoms with van der Waals surface area (Å²) in [7, 11) is 0. The van der Waals surface area contributed by atoms with Gasteiger partial charge in [-0.3, -0.25) is 0 Å². The first-order valence-corrected chi connectivity index (χ1v) is 4.21. The fraction of sp³-hybridized carbons (Fsp3) is 0.667. The van der Waals surface area contributed by atoms with Crippen molar-refractivity contribution < 1.29 is 22.4 Å². The maximum atomic E-state index is 4.02. The summed E-state index contributed by atoms with van der Waals surface area (Å²) in [5, 5.41) is 8.04. The van der Waals surface area contributed by atoms with Crippen LogP contribution in [0.15, 0.2) is 0 Å². The van der Waals surface area contributed by atoms with Crippen LogP contribution in [0.1, 0.15) is 36.7 Å². The van der Waals surface area contributed by atoms with Gasteiger partial charge in [0.05, 0.1) is 0 Å². The minimum Gasteiger partial charge on any atom is -0.579 e. The van der Waals surface area contributed by atoms with E-state index in [2.05, 4.69) is 17.1 Å². The molecule has 1 aromatic heterocycles. The second kappa shape index (κ2) is 5.57. The maximum absolute atomic E-state index is 4.02. The number of rotatable bonds is 3. The van der Waals surface area contributed by atoms with E-state index < -0.39 is 0 Å². The number of nitrogens with zero attached hydrogens (tertiary/aromatic N) is 2. The predicted molar refractivity (Wildman–Crippen MR) is 45.6 cm³/mol. The molecule has 0 saturated carbocycles. The zero-order valence-electron chi connectivity index (χ0n) is 7.82. The number of aryl methyl sites for hydroxylation is 2. The molecule has 0 bridgehead atoms. The quantitative estimate of drug-likeness (QED) is 0.782. The van der Waals surface area contributed by atoms with Crippen molar-refractivity contribution >= 4 is 0 Å². The SMILES string of the molecule is CCCCc1c(C)n[n-]c1C.[Au+]. The summed E-state index contributed by atoms with van der Waals surface area (Å²) < 4.78 is 0. The molecule has 1 heterocycles. The van der Waals surface area contributed by atoms with Gasteiger partial charge in [-0.1, -0.05) is 20.3 Å². The molecule has 0 spiro atoms. The van der Waals surface area contributed by atoms with Gasteiger partial charge in [-0.2, -0.15) is 0 Å².